The molecule has 0 aromatic heterocycles. The van der Waals surface area contributed by atoms with Crippen LogP contribution in [-0.2, 0) is 19.6 Å². The molecule has 0 saturated carbocycles. The molecule has 3 atom stereocenters. The largest absolute Gasteiger partial charge is 0.480 e. The molecule has 18 heavy (non-hydrogen) atoms. The van der Waals surface area contributed by atoms with Crippen molar-refractivity contribution in [3.05, 3.63) is 0 Å². The molecule has 0 aromatic rings. The zero-order valence-electron chi connectivity index (χ0n) is 9.81. The number of carboxylic acid groups (broad SMARTS) is 1. The van der Waals surface area contributed by atoms with E-state index in [2.05, 4.69) is 0 Å². The Bertz CT molecular complexity index is 446. The summed E-state index contributed by atoms with van der Waals surface area (Å²) in [4.78, 5) is 23.6. The number of carboxylic acids is 1. The lowest BCUT2D eigenvalue weighted by Crippen LogP contribution is -2.48. The van der Waals surface area contributed by atoms with Crippen LogP contribution in [0, 0.1) is 5.92 Å². The van der Waals surface area contributed by atoms with Crippen molar-refractivity contribution < 1.29 is 28.2 Å². The van der Waals surface area contributed by atoms with Crippen LogP contribution in [0.1, 0.15) is 13.3 Å². The zero-order chi connectivity index (χ0) is 14.1. The Balaban J connectivity index is 2.81. The maximum Gasteiger partial charge on any atom is 0.329 e. The van der Waals surface area contributed by atoms with Crippen molar-refractivity contribution in [1.82, 2.24) is 4.90 Å². The number of hydrogen-bond acceptors (Lipinski definition) is 5. The second kappa shape index (κ2) is 5.21. The second-order valence-electron chi connectivity index (χ2n) is 4.47. The van der Waals surface area contributed by atoms with Crippen LogP contribution in [0.3, 0.4) is 0 Å². The first-order valence-electron chi connectivity index (χ1n) is 5.32. The number of primary sulfonamides is 1. The monoisotopic (exact) mass is 280 g/mol. The van der Waals surface area contributed by atoms with Gasteiger partial charge in [-0.1, -0.05) is 0 Å². The van der Waals surface area contributed by atoms with Crippen LogP contribution in [-0.4, -0.2) is 59.9 Å². The minimum Gasteiger partial charge on any atom is -0.480 e. The van der Waals surface area contributed by atoms with E-state index in [1.54, 1.807) is 0 Å². The van der Waals surface area contributed by atoms with E-state index < -0.39 is 40.0 Å². The van der Waals surface area contributed by atoms with Crippen LogP contribution in [0.4, 0.5) is 0 Å². The Hall–Kier alpha value is -1.19. The minimum absolute atomic E-state index is 0.0306. The summed E-state index contributed by atoms with van der Waals surface area (Å²) in [5.74, 6) is -2.72. The predicted octanol–water partition coefficient (Wildman–Crippen LogP) is -2.04. The van der Waals surface area contributed by atoms with Crippen molar-refractivity contribution >= 4 is 21.9 Å². The Morgan fingerprint density at radius 3 is 2.56 bits per heavy atom. The fourth-order valence-corrected chi connectivity index (χ4v) is 3.00. The van der Waals surface area contributed by atoms with E-state index in [4.69, 9.17) is 10.2 Å². The maximum atomic E-state index is 11.6. The molecule has 9 heteroatoms. The van der Waals surface area contributed by atoms with E-state index in [0.717, 1.165) is 4.90 Å². The third kappa shape index (κ3) is 3.65. The molecule has 8 nitrogen and oxygen atoms in total. The molecule has 1 saturated heterocycles. The number of likely N-dealkylation sites (tertiary alicyclic amines) is 1. The van der Waals surface area contributed by atoms with Crippen molar-refractivity contribution in [1.29, 1.82) is 0 Å². The fourth-order valence-electron chi connectivity index (χ4n) is 2.12. The van der Waals surface area contributed by atoms with Crippen LogP contribution < -0.4 is 5.14 Å². The summed E-state index contributed by atoms with van der Waals surface area (Å²) in [6.45, 7) is 1.23. The zero-order valence-corrected chi connectivity index (χ0v) is 10.6. The molecular weight excluding hydrogens is 264 g/mol. The molecule has 0 radical (unpaired) electrons. The van der Waals surface area contributed by atoms with Gasteiger partial charge in [-0.15, -0.1) is 0 Å². The molecule has 104 valence electrons. The number of aliphatic hydroxyl groups excluding tert-OH is 1. The lowest BCUT2D eigenvalue weighted by atomic mass is 10.1. The van der Waals surface area contributed by atoms with Crippen LogP contribution in [0.25, 0.3) is 0 Å². The number of nitrogens with two attached hydrogens (primary N) is 1. The molecule has 1 aliphatic heterocycles. The standard InChI is InChI=1S/C9H16N2O6S/c1-5(12)8(9(14)15)11-3-6(2-7(11)13)4-18(10,16)17/h5-6,8,12H,2-4H2,1H3,(H,14,15)(H2,10,16,17)/t5-,6?,8+/m0/s1. The smallest absolute Gasteiger partial charge is 0.329 e. The first-order valence-corrected chi connectivity index (χ1v) is 7.04. The fraction of sp³-hybridized carbons (Fsp3) is 0.778. The number of carbonyl (C=O) groups excluding carboxylic acids is 1. The highest BCUT2D eigenvalue weighted by Crippen LogP contribution is 2.22. The van der Waals surface area contributed by atoms with E-state index >= 15 is 0 Å². The van der Waals surface area contributed by atoms with Gasteiger partial charge in [-0.25, -0.2) is 18.4 Å². The quantitative estimate of drug-likeness (QED) is 0.530. The molecule has 0 aliphatic carbocycles. The van der Waals surface area contributed by atoms with Gasteiger partial charge in [0, 0.05) is 18.9 Å². The summed E-state index contributed by atoms with van der Waals surface area (Å²) in [7, 11) is -3.71. The number of amides is 1. The van der Waals surface area contributed by atoms with Crippen molar-refractivity contribution in [2.75, 3.05) is 12.3 Å². The van der Waals surface area contributed by atoms with Crippen LogP contribution >= 0.6 is 0 Å². The number of aliphatic carboxylic acids is 1. The third-order valence-electron chi connectivity index (χ3n) is 2.75. The number of sulfonamides is 1. The summed E-state index contributed by atoms with van der Waals surface area (Å²) in [6.07, 6.45) is -1.31. The van der Waals surface area contributed by atoms with Gasteiger partial charge >= 0.3 is 5.97 Å². The molecular formula is C9H16N2O6S. The maximum absolute atomic E-state index is 11.6. The van der Waals surface area contributed by atoms with E-state index in [0.29, 0.717) is 0 Å². The molecule has 1 amide bonds. The molecule has 0 bridgehead atoms. The Labute approximate surface area is 104 Å². The van der Waals surface area contributed by atoms with Gasteiger partial charge in [0.15, 0.2) is 6.04 Å². The van der Waals surface area contributed by atoms with Crippen molar-refractivity contribution in [3.8, 4) is 0 Å². The number of hydrogen-bond donors (Lipinski definition) is 3. The third-order valence-corrected chi connectivity index (χ3v) is 3.69. The number of carbonyl (C=O) groups is 2. The van der Waals surface area contributed by atoms with Crippen molar-refractivity contribution in [2.24, 2.45) is 11.1 Å². The topological polar surface area (TPSA) is 138 Å². The Kier molecular flexibility index (Phi) is 4.30. The first kappa shape index (κ1) is 14.9. The lowest BCUT2D eigenvalue weighted by molar-refractivity contribution is -0.152. The number of aliphatic hydroxyl groups is 1. The molecule has 1 aliphatic rings. The normalized spacial score (nSPS) is 24.1. The van der Waals surface area contributed by atoms with Gasteiger partial charge in [-0.2, -0.15) is 0 Å². The van der Waals surface area contributed by atoms with E-state index in [-0.39, 0.29) is 18.7 Å². The van der Waals surface area contributed by atoms with E-state index in [1.165, 1.54) is 6.92 Å². The van der Waals surface area contributed by atoms with Crippen LogP contribution in [0.5, 0.6) is 0 Å². The molecule has 1 fully saturated rings. The van der Waals surface area contributed by atoms with Gasteiger partial charge in [0.25, 0.3) is 0 Å². The number of nitrogens with zero attached hydrogens (tertiary/aromatic N) is 1. The molecule has 1 unspecified atom stereocenters. The molecule has 4 N–H and O–H groups in total. The van der Waals surface area contributed by atoms with E-state index in [9.17, 15) is 23.1 Å². The summed E-state index contributed by atoms with van der Waals surface area (Å²) < 4.78 is 21.8. The van der Waals surface area contributed by atoms with Gasteiger partial charge < -0.3 is 15.1 Å². The van der Waals surface area contributed by atoms with Gasteiger partial charge in [0.05, 0.1) is 11.9 Å². The SMILES string of the molecule is C[C@H](O)[C@H](C(=O)O)N1CC(CS(N)(=O)=O)CC1=O. The summed E-state index contributed by atoms with van der Waals surface area (Å²) in [5, 5.41) is 23.2. The second-order valence-corrected chi connectivity index (χ2v) is 6.13. The van der Waals surface area contributed by atoms with Crippen molar-refractivity contribution in [3.63, 3.8) is 0 Å². The van der Waals surface area contributed by atoms with Crippen molar-refractivity contribution in [2.45, 2.75) is 25.5 Å². The van der Waals surface area contributed by atoms with Crippen LogP contribution in [0.2, 0.25) is 0 Å². The molecule has 1 rings (SSSR count). The summed E-state index contributed by atoms with van der Waals surface area (Å²) in [6, 6.07) is -1.36. The number of rotatable bonds is 5. The van der Waals surface area contributed by atoms with Gasteiger partial charge in [0.1, 0.15) is 0 Å². The highest BCUT2D eigenvalue weighted by atomic mass is 32.2. The van der Waals surface area contributed by atoms with Crippen LogP contribution in [0.15, 0.2) is 0 Å². The lowest BCUT2D eigenvalue weighted by Gasteiger charge is -2.26. The highest BCUT2D eigenvalue weighted by Gasteiger charge is 2.40. The Morgan fingerprint density at radius 1 is 1.61 bits per heavy atom. The molecule has 0 aromatic carbocycles. The summed E-state index contributed by atoms with van der Waals surface area (Å²) >= 11 is 0. The first-order chi connectivity index (χ1) is 8.11. The Morgan fingerprint density at radius 2 is 2.17 bits per heavy atom. The molecule has 1 heterocycles. The highest BCUT2D eigenvalue weighted by molar-refractivity contribution is 7.89. The summed E-state index contributed by atoms with van der Waals surface area (Å²) in [5.41, 5.74) is 0. The minimum atomic E-state index is -3.71. The average Bonchev–Trinajstić information content (AvgIpc) is 2.42. The molecule has 0 spiro atoms. The predicted molar refractivity (Wildman–Crippen MR) is 60.9 cm³/mol. The average molecular weight is 280 g/mol. The van der Waals surface area contributed by atoms with E-state index in [1.807, 2.05) is 0 Å². The van der Waals surface area contributed by atoms with Gasteiger partial charge in [0.2, 0.25) is 15.9 Å². The van der Waals surface area contributed by atoms with Gasteiger partial charge in [-0.05, 0) is 6.92 Å². The van der Waals surface area contributed by atoms with Gasteiger partial charge in [-0.3, -0.25) is 4.79 Å².